The second kappa shape index (κ2) is 6.83. The molecule has 1 amide bonds. The molecule has 1 fully saturated rings. The van der Waals surface area contributed by atoms with Crippen molar-refractivity contribution in [1.29, 1.82) is 0 Å². The van der Waals surface area contributed by atoms with E-state index in [-0.39, 0.29) is 5.91 Å². The van der Waals surface area contributed by atoms with Crippen molar-refractivity contribution in [3.8, 4) is 0 Å². The van der Waals surface area contributed by atoms with Gasteiger partial charge in [-0.15, -0.1) is 0 Å². The quantitative estimate of drug-likeness (QED) is 0.705. The Morgan fingerprint density at radius 2 is 2.33 bits per heavy atom. The molecule has 2 N–H and O–H groups in total. The van der Waals surface area contributed by atoms with Crippen molar-refractivity contribution < 1.29 is 4.79 Å². The Kier molecular flexibility index (Phi) is 5.69. The summed E-state index contributed by atoms with van der Waals surface area (Å²) in [6.07, 6.45) is 6.68. The Morgan fingerprint density at radius 3 is 2.87 bits per heavy atom. The number of unbranched alkanes of at least 4 members (excludes halogenated alkanes) is 1. The Labute approximate surface area is 93.0 Å². The number of hydrogen-bond acceptors (Lipinski definition) is 2. The molecule has 0 aromatic carbocycles. The lowest BCUT2D eigenvalue weighted by atomic mass is 10.0. The van der Waals surface area contributed by atoms with Gasteiger partial charge in [0.15, 0.2) is 0 Å². The van der Waals surface area contributed by atoms with Crippen LogP contribution in [0.4, 0.5) is 0 Å². The van der Waals surface area contributed by atoms with Gasteiger partial charge >= 0.3 is 0 Å². The summed E-state index contributed by atoms with van der Waals surface area (Å²) in [5, 5.41) is 6.56. The van der Waals surface area contributed by atoms with Crippen molar-refractivity contribution in [2.75, 3.05) is 6.54 Å². The number of piperidine rings is 1. The van der Waals surface area contributed by atoms with Crippen molar-refractivity contribution in [2.45, 2.75) is 64.5 Å². The zero-order valence-corrected chi connectivity index (χ0v) is 10.0. The number of hydrogen-bond donors (Lipinski definition) is 2. The summed E-state index contributed by atoms with van der Waals surface area (Å²) in [4.78, 5) is 11.0. The minimum absolute atomic E-state index is 0.203. The van der Waals surface area contributed by atoms with Crippen LogP contribution in [-0.4, -0.2) is 24.5 Å². The van der Waals surface area contributed by atoms with Crippen molar-refractivity contribution in [3.05, 3.63) is 0 Å². The standard InChI is InChI=1S/C12H24N2O/c1-3-5-6-10(4-2)14-11-7-8-12(15)13-9-11/h10-11,14H,3-9H2,1-2H3,(H,13,15). The van der Waals surface area contributed by atoms with Gasteiger partial charge in [-0.05, 0) is 19.3 Å². The third-order valence-electron chi connectivity index (χ3n) is 3.14. The fraction of sp³-hybridized carbons (Fsp3) is 0.917. The van der Waals surface area contributed by atoms with Crippen molar-refractivity contribution in [2.24, 2.45) is 0 Å². The van der Waals surface area contributed by atoms with E-state index in [1.54, 1.807) is 0 Å². The Balaban J connectivity index is 2.22. The number of carbonyl (C=O) groups is 1. The molecule has 3 nitrogen and oxygen atoms in total. The highest BCUT2D eigenvalue weighted by molar-refractivity contribution is 5.76. The van der Waals surface area contributed by atoms with E-state index in [4.69, 9.17) is 0 Å². The summed E-state index contributed by atoms with van der Waals surface area (Å²) in [6, 6.07) is 1.12. The summed E-state index contributed by atoms with van der Waals surface area (Å²) < 4.78 is 0. The fourth-order valence-electron chi connectivity index (χ4n) is 2.06. The molecule has 0 radical (unpaired) electrons. The molecule has 88 valence electrons. The van der Waals surface area contributed by atoms with E-state index >= 15 is 0 Å². The highest BCUT2D eigenvalue weighted by atomic mass is 16.1. The van der Waals surface area contributed by atoms with Crippen LogP contribution in [-0.2, 0) is 4.79 Å². The van der Waals surface area contributed by atoms with Crippen LogP contribution in [0, 0.1) is 0 Å². The second-order valence-corrected chi connectivity index (χ2v) is 4.45. The molecule has 2 atom stereocenters. The third-order valence-corrected chi connectivity index (χ3v) is 3.14. The van der Waals surface area contributed by atoms with Gasteiger partial charge in [-0.1, -0.05) is 26.7 Å². The van der Waals surface area contributed by atoms with Gasteiger partial charge < -0.3 is 10.6 Å². The van der Waals surface area contributed by atoms with Gasteiger partial charge in [0.1, 0.15) is 0 Å². The maximum atomic E-state index is 11.0. The van der Waals surface area contributed by atoms with Crippen LogP contribution in [0.5, 0.6) is 0 Å². The molecule has 0 saturated carbocycles. The van der Waals surface area contributed by atoms with Gasteiger partial charge in [-0.25, -0.2) is 0 Å². The molecule has 1 rings (SSSR count). The highest BCUT2D eigenvalue weighted by Gasteiger charge is 2.19. The molecule has 15 heavy (non-hydrogen) atoms. The second-order valence-electron chi connectivity index (χ2n) is 4.45. The summed E-state index contributed by atoms with van der Waals surface area (Å²) in [7, 11) is 0. The van der Waals surface area contributed by atoms with Crippen LogP contribution in [0.2, 0.25) is 0 Å². The first-order chi connectivity index (χ1) is 7.26. The molecular formula is C12H24N2O. The van der Waals surface area contributed by atoms with Crippen molar-refractivity contribution >= 4 is 5.91 Å². The number of amides is 1. The van der Waals surface area contributed by atoms with Crippen LogP contribution in [0.15, 0.2) is 0 Å². The monoisotopic (exact) mass is 212 g/mol. The molecule has 1 aliphatic rings. The Hall–Kier alpha value is -0.570. The lowest BCUT2D eigenvalue weighted by Crippen LogP contribution is -2.49. The van der Waals surface area contributed by atoms with Gasteiger partial charge in [0.25, 0.3) is 0 Å². The highest BCUT2D eigenvalue weighted by Crippen LogP contribution is 2.09. The smallest absolute Gasteiger partial charge is 0.220 e. The van der Waals surface area contributed by atoms with Gasteiger partial charge in [0.2, 0.25) is 5.91 Å². The molecule has 1 aliphatic heterocycles. The van der Waals surface area contributed by atoms with Crippen LogP contribution in [0.1, 0.15) is 52.4 Å². The Bertz CT molecular complexity index is 184. The molecule has 0 aliphatic carbocycles. The predicted molar refractivity (Wildman–Crippen MR) is 62.8 cm³/mol. The van der Waals surface area contributed by atoms with E-state index in [2.05, 4.69) is 24.5 Å². The zero-order valence-electron chi connectivity index (χ0n) is 10.0. The van der Waals surface area contributed by atoms with E-state index in [9.17, 15) is 4.79 Å². The maximum Gasteiger partial charge on any atom is 0.220 e. The number of nitrogens with one attached hydrogen (secondary N) is 2. The molecule has 0 bridgehead atoms. The minimum atomic E-state index is 0.203. The summed E-state index contributed by atoms with van der Waals surface area (Å²) in [5.41, 5.74) is 0. The van der Waals surface area contributed by atoms with Crippen LogP contribution in [0.25, 0.3) is 0 Å². The first kappa shape index (κ1) is 12.5. The van der Waals surface area contributed by atoms with E-state index in [1.165, 1.54) is 25.7 Å². The van der Waals surface area contributed by atoms with E-state index in [0.717, 1.165) is 13.0 Å². The number of rotatable bonds is 6. The minimum Gasteiger partial charge on any atom is -0.355 e. The average Bonchev–Trinajstić information content (AvgIpc) is 2.27. The summed E-state index contributed by atoms with van der Waals surface area (Å²) in [6.45, 7) is 5.27. The van der Waals surface area contributed by atoms with Gasteiger partial charge in [0.05, 0.1) is 0 Å². The third kappa shape index (κ3) is 4.65. The van der Waals surface area contributed by atoms with E-state index in [0.29, 0.717) is 18.5 Å². The topological polar surface area (TPSA) is 41.1 Å². The largest absolute Gasteiger partial charge is 0.355 e. The first-order valence-electron chi connectivity index (χ1n) is 6.29. The Morgan fingerprint density at radius 1 is 1.53 bits per heavy atom. The molecule has 0 aromatic heterocycles. The average molecular weight is 212 g/mol. The molecule has 0 aromatic rings. The molecule has 1 heterocycles. The first-order valence-corrected chi connectivity index (χ1v) is 6.29. The van der Waals surface area contributed by atoms with E-state index in [1.807, 2.05) is 0 Å². The normalized spacial score (nSPS) is 23.6. The van der Waals surface area contributed by atoms with Crippen LogP contribution in [0.3, 0.4) is 0 Å². The SMILES string of the molecule is CCCCC(CC)NC1CCC(=O)NC1. The van der Waals surface area contributed by atoms with Crippen molar-refractivity contribution in [1.82, 2.24) is 10.6 Å². The molecule has 1 saturated heterocycles. The number of carbonyl (C=O) groups excluding carboxylic acids is 1. The lowest BCUT2D eigenvalue weighted by molar-refractivity contribution is -0.122. The summed E-state index contributed by atoms with van der Waals surface area (Å²) in [5.74, 6) is 0.203. The van der Waals surface area contributed by atoms with Gasteiger partial charge in [-0.3, -0.25) is 4.79 Å². The zero-order chi connectivity index (χ0) is 11.1. The molecule has 2 unspecified atom stereocenters. The summed E-state index contributed by atoms with van der Waals surface area (Å²) >= 11 is 0. The van der Waals surface area contributed by atoms with Crippen LogP contribution < -0.4 is 10.6 Å². The van der Waals surface area contributed by atoms with Gasteiger partial charge in [0, 0.05) is 25.0 Å². The van der Waals surface area contributed by atoms with Crippen LogP contribution >= 0.6 is 0 Å². The van der Waals surface area contributed by atoms with Gasteiger partial charge in [-0.2, -0.15) is 0 Å². The molecule has 3 heteroatoms. The van der Waals surface area contributed by atoms with Crippen molar-refractivity contribution in [3.63, 3.8) is 0 Å². The maximum absolute atomic E-state index is 11.0. The molecular weight excluding hydrogens is 188 g/mol. The fourth-order valence-corrected chi connectivity index (χ4v) is 2.06. The molecule has 0 spiro atoms. The van der Waals surface area contributed by atoms with E-state index < -0.39 is 0 Å². The predicted octanol–water partition coefficient (Wildman–Crippen LogP) is 1.82. The lowest BCUT2D eigenvalue weighted by Gasteiger charge is -2.28.